The Morgan fingerprint density at radius 2 is 1.89 bits per heavy atom. The number of hydrogen-bond acceptors (Lipinski definition) is 4. The van der Waals surface area contributed by atoms with Crippen LogP contribution < -0.4 is 14.4 Å². The minimum absolute atomic E-state index is 0.115. The van der Waals surface area contributed by atoms with E-state index in [2.05, 4.69) is 4.72 Å². The highest BCUT2D eigenvalue weighted by Gasteiger charge is 2.34. The molecule has 0 aliphatic carbocycles. The Morgan fingerprint density at radius 3 is 2.56 bits per heavy atom. The zero-order chi connectivity index (χ0) is 19.7. The molecule has 0 unspecified atom stereocenters. The number of amides is 1. The van der Waals surface area contributed by atoms with E-state index in [1.165, 1.54) is 19.1 Å². The molecule has 0 aromatic heterocycles. The summed E-state index contributed by atoms with van der Waals surface area (Å²) in [7, 11) is -3.69. The fraction of sp³-hybridized carbons (Fsp3) is 0.350. The van der Waals surface area contributed by atoms with Crippen LogP contribution in [0, 0.1) is 0 Å². The van der Waals surface area contributed by atoms with E-state index in [1.54, 1.807) is 11.0 Å². The molecule has 0 bridgehead atoms. The highest BCUT2D eigenvalue weighted by molar-refractivity contribution is 7.89. The van der Waals surface area contributed by atoms with Crippen molar-refractivity contribution in [2.45, 2.75) is 37.7 Å². The van der Waals surface area contributed by atoms with E-state index in [0.717, 1.165) is 5.56 Å². The molecule has 0 radical (unpaired) electrons. The number of benzene rings is 2. The molecule has 0 fully saturated rings. The molecule has 1 aliphatic heterocycles. The van der Waals surface area contributed by atoms with E-state index in [4.69, 9.17) is 4.74 Å². The molecule has 2 aromatic rings. The summed E-state index contributed by atoms with van der Waals surface area (Å²) in [4.78, 5) is 13.7. The largest absolute Gasteiger partial charge is 0.484 e. The van der Waals surface area contributed by atoms with Crippen molar-refractivity contribution in [1.29, 1.82) is 0 Å². The first-order valence-electron chi connectivity index (χ1n) is 8.83. The van der Waals surface area contributed by atoms with E-state index in [9.17, 15) is 13.2 Å². The Morgan fingerprint density at radius 1 is 1.19 bits per heavy atom. The summed E-state index contributed by atoms with van der Waals surface area (Å²) in [5.74, 6) is 0.351. The number of nitrogens with one attached hydrogen (secondary N) is 1. The van der Waals surface area contributed by atoms with Crippen molar-refractivity contribution in [2.24, 2.45) is 0 Å². The zero-order valence-electron chi connectivity index (χ0n) is 15.7. The molecule has 1 heterocycles. The molecule has 2 aromatic carbocycles. The summed E-state index contributed by atoms with van der Waals surface area (Å²) in [5.41, 5.74) is 1.00. The second-order valence-corrected chi connectivity index (χ2v) is 9.00. The second kappa shape index (κ2) is 7.32. The van der Waals surface area contributed by atoms with Crippen molar-refractivity contribution in [3.63, 3.8) is 0 Å². The van der Waals surface area contributed by atoms with E-state index in [-0.39, 0.29) is 10.8 Å². The lowest BCUT2D eigenvalue weighted by Gasteiger charge is -2.39. The number of carbonyl (C=O) groups excluding carboxylic acids is 1. The molecule has 3 rings (SSSR count). The smallest absolute Gasteiger partial charge is 0.240 e. The van der Waals surface area contributed by atoms with Gasteiger partial charge in [0, 0.05) is 13.5 Å². The number of hydrogen-bond donors (Lipinski definition) is 1. The lowest BCUT2D eigenvalue weighted by atomic mass is 10.1. The Kier molecular flexibility index (Phi) is 5.26. The summed E-state index contributed by atoms with van der Waals surface area (Å²) in [6, 6.07) is 14.3. The van der Waals surface area contributed by atoms with Crippen LogP contribution in [0.2, 0.25) is 0 Å². The van der Waals surface area contributed by atoms with Gasteiger partial charge in [-0.05, 0) is 44.0 Å². The van der Waals surface area contributed by atoms with Crippen LogP contribution in [0.3, 0.4) is 0 Å². The van der Waals surface area contributed by atoms with Crippen LogP contribution in [-0.4, -0.2) is 33.0 Å². The molecule has 0 saturated heterocycles. The quantitative estimate of drug-likeness (QED) is 0.855. The van der Waals surface area contributed by atoms with Gasteiger partial charge in [0.05, 0.1) is 17.1 Å². The van der Waals surface area contributed by atoms with Crippen molar-refractivity contribution >= 4 is 21.6 Å². The van der Waals surface area contributed by atoms with Gasteiger partial charge >= 0.3 is 0 Å². The Labute approximate surface area is 160 Å². The first kappa shape index (κ1) is 19.4. The molecule has 1 N–H and O–H groups in total. The topological polar surface area (TPSA) is 75.7 Å². The van der Waals surface area contributed by atoms with Gasteiger partial charge in [0.2, 0.25) is 15.9 Å². The van der Waals surface area contributed by atoms with Gasteiger partial charge in [0.1, 0.15) is 11.4 Å². The molecular weight excluding hydrogens is 364 g/mol. The molecular formula is C20H24N2O4S. The fourth-order valence-corrected chi connectivity index (χ4v) is 4.15. The summed E-state index contributed by atoms with van der Waals surface area (Å²) in [6.45, 7) is 5.90. The van der Waals surface area contributed by atoms with Gasteiger partial charge < -0.3 is 9.64 Å². The Balaban J connectivity index is 1.80. The van der Waals surface area contributed by atoms with E-state index >= 15 is 0 Å². The third kappa shape index (κ3) is 4.48. The molecule has 0 saturated carbocycles. The summed E-state index contributed by atoms with van der Waals surface area (Å²) < 4.78 is 33.8. The van der Waals surface area contributed by atoms with E-state index in [0.29, 0.717) is 30.9 Å². The van der Waals surface area contributed by atoms with Crippen LogP contribution in [0.25, 0.3) is 0 Å². The molecule has 1 aliphatic rings. The predicted molar refractivity (Wildman–Crippen MR) is 105 cm³/mol. The van der Waals surface area contributed by atoms with E-state index < -0.39 is 15.6 Å². The Hall–Kier alpha value is -2.38. The number of nitrogens with zero attached hydrogens (tertiary/aromatic N) is 1. The van der Waals surface area contributed by atoms with Crippen LogP contribution in [0.5, 0.6) is 5.75 Å². The van der Waals surface area contributed by atoms with Gasteiger partial charge in [-0.25, -0.2) is 13.1 Å². The number of rotatable bonds is 5. The highest BCUT2D eigenvalue weighted by Crippen LogP contribution is 2.38. The van der Waals surface area contributed by atoms with Crippen molar-refractivity contribution in [3.05, 3.63) is 54.1 Å². The first-order valence-corrected chi connectivity index (χ1v) is 10.3. The van der Waals surface area contributed by atoms with Crippen LogP contribution in [0.1, 0.15) is 26.3 Å². The van der Waals surface area contributed by atoms with Crippen LogP contribution in [0.15, 0.2) is 53.4 Å². The lowest BCUT2D eigenvalue weighted by molar-refractivity contribution is -0.117. The van der Waals surface area contributed by atoms with Crippen molar-refractivity contribution in [2.75, 3.05) is 18.0 Å². The zero-order valence-corrected chi connectivity index (χ0v) is 16.5. The van der Waals surface area contributed by atoms with Crippen LogP contribution >= 0.6 is 0 Å². The third-order valence-corrected chi connectivity index (χ3v) is 5.84. The predicted octanol–water partition coefficient (Wildman–Crippen LogP) is 2.73. The average molecular weight is 388 g/mol. The molecule has 144 valence electrons. The minimum Gasteiger partial charge on any atom is -0.484 e. The van der Waals surface area contributed by atoms with E-state index in [1.807, 2.05) is 44.2 Å². The van der Waals surface area contributed by atoms with Gasteiger partial charge in [0.15, 0.2) is 0 Å². The Bertz CT molecular complexity index is 940. The van der Waals surface area contributed by atoms with Crippen LogP contribution in [0.4, 0.5) is 5.69 Å². The van der Waals surface area contributed by atoms with Crippen molar-refractivity contribution < 1.29 is 17.9 Å². The maximum absolute atomic E-state index is 12.7. The monoisotopic (exact) mass is 388 g/mol. The molecule has 1 amide bonds. The molecule has 27 heavy (non-hydrogen) atoms. The van der Waals surface area contributed by atoms with Crippen molar-refractivity contribution in [3.8, 4) is 5.75 Å². The average Bonchev–Trinajstić information content (AvgIpc) is 2.60. The summed E-state index contributed by atoms with van der Waals surface area (Å²) >= 11 is 0. The minimum atomic E-state index is -3.69. The first-order chi connectivity index (χ1) is 12.7. The SMILES string of the molecule is CC(=O)N1CC(C)(C)Oc2ccc(S(=O)(=O)NCCc3ccccc3)cc21. The van der Waals surface area contributed by atoms with Crippen LogP contribution in [-0.2, 0) is 21.2 Å². The molecule has 0 spiro atoms. The maximum atomic E-state index is 12.7. The number of sulfonamides is 1. The van der Waals surface area contributed by atoms with Crippen molar-refractivity contribution in [1.82, 2.24) is 4.72 Å². The summed E-state index contributed by atoms with van der Waals surface area (Å²) in [5, 5.41) is 0. The number of ether oxygens (including phenoxy) is 1. The second-order valence-electron chi connectivity index (χ2n) is 7.23. The van der Waals surface area contributed by atoms with Gasteiger partial charge in [-0.15, -0.1) is 0 Å². The fourth-order valence-electron chi connectivity index (χ4n) is 3.10. The standard InChI is InChI=1S/C20H24N2O4S/c1-15(23)22-14-20(2,3)26-19-10-9-17(13-18(19)22)27(24,25)21-12-11-16-7-5-4-6-8-16/h4-10,13,21H,11-12,14H2,1-3H3. The van der Waals surface area contributed by atoms with Gasteiger partial charge in [0.25, 0.3) is 0 Å². The highest BCUT2D eigenvalue weighted by atomic mass is 32.2. The lowest BCUT2D eigenvalue weighted by Crippen LogP contribution is -2.48. The third-order valence-electron chi connectivity index (χ3n) is 4.39. The molecule has 0 atom stereocenters. The number of fused-ring (bicyclic) bond motifs is 1. The molecule has 7 heteroatoms. The maximum Gasteiger partial charge on any atom is 0.240 e. The molecule has 6 nitrogen and oxygen atoms in total. The van der Waals surface area contributed by atoms with Gasteiger partial charge in [-0.1, -0.05) is 30.3 Å². The normalized spacial score (nSPS) is 15.7. The summed E-state index contributed by atoms with van der Waals surface area (Å²) in [6.07, 6.45) is 0.599. The van der Waals surface area contributed by atoms with Gasteiger partial charge in [-0.3, -0.25) is 4.79 Å². The number of carbonyl (C=O) groups is 1. The number of anilines is 1. The van der Waals surface area contributed by atoms with Gasteiger partial charge in [-0.2, -0.15) is 0 Å².